The molecule has 31 heavy (non-hydrogen) atoms. The maximum absolute atomic E-state index is 12.7. The number of nitrogens with one attached hydrogen (secondary N) is 2. The number of carbonyl (C=O) groups excluding carboxylic acids is 1. The minimum Gasteiger partial charge on any atom is -0.330 e. The Kier molecular flexibility index (Phi) is 5.43. The van der Waals surface area contributed by atoms with Gasteiger partial charge in [-0.3, -0.25) is 24.8 Å². The van der Waals surface area contributed by atoms with Crippen LogP contribution in [0.25, 0.3) is 10.9 Å². The molecule has 0 bridgehead atoms. The monoisotopic (exact) mass is 435 g/mol. The Labute approximate surface area is 185 Å². The van der Waals surface area contributed by atoms with Crippen LogP contribution in [0.4, 0.5) is 0 Å². The largest absolute Gasteiger partial charge is 0.330 e. The van der Waals surface area contributed by atoms with Crippen LogP contribution in [0.2, 0.25) is 0 Å². The molecule has 0 unspecified atom stereocenters. The van der Waals surface area contributed by atoms with E-state index in [-0.39, 0.29) is 16.2 Å². The van der Waals surface area contributed by atoms with E-state index in [0.29, 0.717) is 22.5 Å². The van der Waals surface area contributed by atoms with Gasteiger partial charge in [0.2, 0.25) is 0 Å². The molecule has 160 valence electrons. The van der Waals surface area contributed by atoms with E-state index in [1.54, 1.807) is 30.3 Å². The van der Waals surface area contributed by atoms with Crippen LogP contribution >= 0.6 is 12.2 Å². The van der Waals surface area contributed by atoms with E-state index >= 15 is 0 Å². The van der Waals surface area contributed by atoms with Crippen LogP contribution in [0.15, 0.2) is 53.3 Å². The molecule has 1 amide bonds. The Morgan fingerprint density at radius 2 is 1.90 bits per heavy atom. The number of hydrogen-bond donors (Lipinski definition) is 2. The molecule has 0 aliphatic carbocycles. The molecule has 2 aliphatic rings. The van der Waals surface area contributed by atoms with Crippen molar-refractivity contribution in [3.05, 3.63) is 74.8 Å². The molecule has 1 aromatic heterocycles. The molecule has 0 saturated carbocycles. The lowest BCUT2D eigenvalue weighted by Crippen LogP contribution is -2.49. The molecule has 0 spiro atoms. The summed E-state index contributed by atoms with van der Waals surface area (Å²) in [5.41, 5.74) is 4.59. The van der Waals surface area contributed by atoms with Crippen molar-refractivity contribution in [3.8, 4) is 0 Å². The van der Waals surface area contributed by atoms with E-state index in [1.165, 1.54) is 24.9 Å². The summed E-state index contributed by atoms with van der Waals surface area (Å²) in [5.74, 6) is -0.372. The standard InChI is InChI=1S/C23H25N5O2S/c29-21(25-28-22(30)19-5-1-2-6-20(19)24-23(28)31)17-9-7-16(8-10-17)14-26-12-13-27-11-3-4-18(27)15-26/h1-2,5-10,18H,3-4,11-15H2,(H,24,31)(H,25,29)/t18-/m1/s1. The molecular formula is C23H25N5O2S. The van der Waals surface area contributed by atoms with Gasteiger partial charge >= 0.3 is 0 Å². The van der Waals surface area contributed by atoms with E-state index in [2.05, 4.69) is 20.2 Å². The number of benzene rings is 2. The minimum absolute atomic E-state index is 0.153. The summed E-state index contributed by atoms with van der Waals surface area (Å²) in [5, 5.41) is 0.467. The quantitative estimate of drug-likeness (QED) is 0.617. The summed E-state index contributed by atoms with van der Waals surface area (Å²) in [6, 6.07) is 15.4. The van der Waals surface area contributed by atoms with Crippen LogP contribution in [-0.2, 0) is 6.54 Å². The number of H-pyrrole nitrogens is 1. The normalized spacial score (nSPS) is 19.4. The molecule has 1 atom stereocenters. The second-order valence-electron chi connectivity index (χ2n) is 8.32. The minimum atomic E-state index is -0.372. The highest BCUT2D eigenvalue weighted by Gasteiger charge is 2.30. The van der Waals surface area contributed by atoms with E-state index in [4.69, 9.17) is 12.2 Å². The van der Waals surface area contributed by atoms with Gasteiger partial charge in [0.25, 0.3) is 11.5 Å². The lowest BCUT2D eigenvalue weighted by molar-refractivity contribution is 0.0993. The van der Waals surface area contributed by atoms with Gasteiger partial charge in [-0.25, -0.2) is 0 Å². The molecule has 2 saturated heterocycles. The molecule has 2 aromatic carbocycles. The van der Waals surface area contributed by atoms with Gasteiger partial charge < -0.3 is 4.98 Å². The van der Waals surface area contributed by atoms with Gasteiger partial charge in [-0.05, 0) is 61.4 Å². The van der Waals surface area contributed by atoms with Crippen LogP contribution in [0.1, 0.15) is 28.8 Å². The second kappa shape index (κ2) is 8.37. The fourth-order valence-corrected chi connectivity index (χ4v) is 4.89. The summed E-state index contributed by atoms with van der Waals surface area (Å²) in [7, 11) is 0. The number of fused-ring (bicyclic) bond motifs is 2. The highest BCUT2D eigenvalue weighted by Crippen LogP contribution is 2.22. The van der Waals surface area contributed by atoms with Crippen molar-refractivity contribution in [1.29, 1.82) is 0 Å². The summed E-state index contributed by atoms with van der Waals surface area (Å²) >= 11 is 5.26. The number of aromatic nitrogens is 2. The SMILES string of the molecule is O=C(Nn1c(=S)[nH]c2ccccc2c1=O)c1ccc(CN2CCN3CCC[C@@H]3C2)cc1. The van der Waals surface area contributed by atoms with Crippen molar-refractivity contribution < 1.29 is 4.79 Å². The predicted octanol–water partition coefficient (Wildman–Crippen LogP) is 2.72. The van der Waals surface area contributed by atoms with Crippen molar-refractivity contribution in [2.45, 2.75) is 25.4 Å². The summed E-state index contributed by atoms with van der Waals surface area (Å²) in [6.07, 6.45) is 2.61. The van der Waals surface area contributed by atoms with Gasteiger partial charge in [-0.15, -0.1) is 0 Å². The number of rotatable bonds is 4. The molecule has 8 heteroatoms. The average molecular weight is 436 g/mol. The smallest absolute Gasteiger partial charge is 0.281 e. The molecule has 7 nitrogen and oxygen atoms in total. The predicted molar refractivity (Wildman–Crippen MR) is 123 cm³/mol. The first-order valence-electron chi connectivity index (χ1n) is 10.7. The number of piperazine rings is 1. The fourth-order valence-electron chi connectivity index (χ4n) is 4.65. The first-order chi connectivity index (χ1) is 15.1. The lowest BCUT2D eigenvalue weighted by atomic mass is 10.1. The number of nitrogens with zero attached hydrogens (tertiary/aromatic N) is 3. The van der Waals surface area contributed by atoms with Crippen molar-refractivity contribution in [1.82, 2.24) is 19.5 Å². The number of para-hydroxylation sites is 1. The Morgan fingerprint density at radius 1 is 1.10 bits per heavy atom. The van der Waals surface area contributed by atoms with Gasteiger partial charge in [-0.2, -0.15) is 4.68 Å². The fraction of sp³-hybridized carbons (Fsp3) is 0.348. The zero-order valence-electron chi connectivity index (χ0n) is 17.2. The van der Waals surface area contributed by atoms with E-state index < -0.39 is 0 Å². The first kappa shape index (κ1) is 20.1. The van der Waals surface area contributed by atoms with Gasteiger partial charge in [0.05, 0.1) is 10.9 Å². The van der Waals surface area contributed by atoms with Gasteiger partial charge in [0.15, 0.2) is 4.77 Å². The number of carbonyl (C=O) groups is 1. The van der Waals surface area contributed by atoms with Crippen LogP contribution < -0.4 is 11.0 Å². The maximum Gasteiger partial charge on any atom is 0.281 e. The molecule has 0 radical (unpaired) electrons. The third-order valence-electron chi connectivity index (χ3n) is 6.31. The Morgan fingerprint density at radius 3 is 2.74 bits per heavy atom. The van der Waals surface area contributed by atoms with Crippen LogP contribution in [0.3, 0.4) is 0 Å². The van der Waals surface area contributed by atoms with Crippen LogP contribution in [-0.4, -0.2) is 57.6 Å². The number of amides is 1. The zero-order chi connectivity index (χ0) is 21.4. The van der Waals surface area contributed by atoms with Crippen LogP contribution in [0.5, 0.6) is 0 Å². The summed E-state index contributed by atoms with van der Waals surface area (Å²) in [4.78, 5) is 33.5. The van der Waals surface area contributed by atoms with Crippen molar-refractivity contribution >= 4 is 29.0 Å². The molecule has 3 heterocycles. The number of aromatic amines is 1. The Balaban J connectivity index is 1.28. The van der Waals surface area contributed by atoms with Crippen molar-refractivity contribution in [2.75, 3.05) is 31.6 Å². The molecule has 3 aromatic rings. The van der Waals surface area contributed by atoms with E-state index in [1.807, 2.05) is 18.2 Å². The highest BCUT2D eigenvalue weighted by molar-refractivity contribution is 7.71. The molecule has 5 rings (SSSR count). The highest BCUT2D eigenvalue weighted by atomic mass is 32.1. The van der Waals surface area contributed by atoms with Gasteiger partial charge in [0.1, 0.15) is 0 Å². The topological polar surface area (TPSA) is 73.4 Å². The van der Waals surface area contributed by atoms with Crippen molar-refractivity contribution in [3.63, 3.8) is 0 Å². The third-order valence-corrected chi connectivity index (χ3v) is 6.60. The Hall–Kier alpha value is -2.81. The molecule has 2 fully saturated rings. The maximum atomic E-state index is 12.7. The van der Waals surface area contributed by atoms with Crippen molar-refractivity contribution in [2.24, 2.45) is 0 Å². The first-order valence-corrected chi connectivity index (χ1v) is 11.1. The third kappa shape index (κ3) is 4.06. The zero-order valence-corrected chi connectivity index (χ0v) is 18.0. The summed E-state index contributed by atoms with van der Waals surface area (Å²) < 4.78 is 1.24. The van der Waals surface area contributed by atoms with Crippen LogP contribution in [0, 0.1) is 4.77 Å². The van der Waals surface area contributed by atoms with E-state index in [9.17, 15) is 9.59 Å². The molecule has 2 aliphatic heterocycles. The average Bonchev–Trinajstić information content (AvgIpc) is 3.25. The lowest BCUT2D eigenvalue weighted by Gasteiger charge is -2.37. The van der Waals surface area contributed by atoms with Gasteiger partial charge in [-0.1, -0.05) is 24.3 Å². The second-order valence-corrected chi connectivity index (χ2v) is 8.71. The molecule has 2 N–H and O–H groups in total. The summed E-state index contributed by atoms with van der Waals surface area (Å²) in [6.45, 7) is 5.48. The van der Waals surface area contributed by atoms with E-state index in [0.717, 1.165) is 30.9 Å². The Bertz CT molecular complexity index is 1230. The number of hydrogen-bond acceptors (Lipinski definition) is 5. The van der Waals surface area contributed by atoms with Gasteiger partial charge in [0, 0.05) is 37.8 Å². The molecular weight excluding hydrogens is 410 g/mol.